The molecule has 3 fully saturated rings. The summed E-state index contributed by atoms with van der Waals surface area (Å²) in [5.41, 5.74) is 6.47. The molecule has 0 spiro atoms. The van der Waals surface area contributed by atoms with E-state index in [0.29, 0.717) is 17.7 Å². The van der Waals surface area contributed by atoms with Gasteiger partial charge in [-0.1, -0.05) is 0 Å². The molecule has 1 heterocycles. The van der Waals surface area contributed by atoms with Gasteiger partial charge in [-0.05, 0) is 44.4 Å². The van der Waals surface area contributed by atoms with Gasteiger partial charge in [-0.25, -0.2) is 0 Å². The van der Waals surface area contributed by atoms with Crippen molar-refractivity contribution in [3.63, 3.8) is 0 Å². The van der Waals surface area contributed by atoms with Gasteiger partial charge < -0.3 is 10.2 Å². The van der Waals surface area contributed by atoms with Crippen molar-refractivity contribution in [2.75, 3.05) is 0 Å². The van der Waals surface area contributed by atoms with Gasteiger partial charge in [-0.3, -0.25) is 0 Å². The standard InChI is InChI=1S/C12H19N3O/c1-8-14-15-11(16-8)10-4-7-12(13)5-2-9(10)3-6-12/h9-10H,2-7,13H2,1H3. The summed E-state index contributed by atoms with van der Waals surface area (Å²) in [6.45, 7) is 1.86. The van der Waals surface area contributed by atoms with Gasteiger partial charge in [-0.2, -0.15) is 0 Å². The third-order valence-corrected chi connectivity index (χ3v) is 4.41. The normalized spacial score (nSPS) is 38.6. The van der Waals surface area contributed by atoms with Crippen LogP contribution in [0.25, 0.3) is 0 Å². The molecule has 3 saturated carbocycles. The fraction of sp³-hybridized carbons (Fsp3) is 0.833. The van der Waals surface area contributed by atoms with Crippen molar-refractivity contribution < 1.29 is 4.42 Å². The highest BCUT2D eigenvalue weighted by Crippen LogP contribution is 2.47. The molecule has 1 aromatic heterocycles. The molecule has 0 radical (unpaired) electrons. The van der Waals surface area contributed by atoms with Crippen molar-refractivity contribution in [1.29, 1.82) is 0 Å². The van der Waals surface area contributed by atoms with Crippen LogP contribution in [0.15, 0.2) is 4.42 Å². The van der Waals surface area contributed by atoms with Crippen molar-refractivity contribution in [3.8, 4) is 0 Å². The maximum atomic E-state index is 6.38. The first kappa shape index (κ1) is 10.3. The van der Waals surface area contributed by atoms with Crippen LogP contribution >= 0.6 is 0 Å². The largest absolute Gasteiger partial charge is 0.425 e. The summed E-state index contributed by atoms with van der Waals surface area (Å²) in [4.78, 5) is 0. The van der Waals surface area contributed by atoms with Crippen molar-refractivity contribution >= 4 is 0 Å². The predicted octanol–water partition coefficient (Wildman–Crippen LogP) is 2.14. The highest BCUT2D eigenvalue weighted by molar-refractivity contribution is 5.04. The molecule has 1 unspecified atom stereocenters. The van der Waals surface area contributed by atoms with Crippen molar-refractivity contribution in [2.45, 2.75) is 56.9 Å². The van der Waals surface area contributed by atoms with Gasteiger partial charge in [0.15, 0.2) is 0 Å². The molecule has 0 saturated heterocycles. The van der Waals surface area contributed by atoms with E-state index in [2.05, 4.69) is 10.2 Å². The van der Waals surface area contributed by atoms with Gasteiger partial charge in [0.2, 0.25) is 11.8 Å². The van der Waals surface area contributed by atoms with E-state index >= 15 is 0 Å². The molecule has 3 aliphatic rings. The maximum Gasteiger partial charge on any atom is 0.219 e. The van der Waals surface area contributed by atoms with E-state index < -0.39 is 0 Å². The summed E-state index contributed by atoms with van der Waals surface area (Å²) >= 11 is 0. The van der Waals surface area contributed by atoms with Crippen LogP contribution in [0.1, 0.15) is 56.2 Å². The number of nitrogens with zero attached hydrogens (tertiary/aromatic N) is 2. The summed E-state index contributed by atoms with van der Waals surface area (Å²) < 4.78 is 5.60. The Kier molecular flexibility index (Phi) is 2.28. The van der Waals surface area contributed by atoms with E-state index in [1.165, 1.54) is 25.7 Å². The second kappa shape index (κ2) is 3.55. The first-order valence-corrected chi connectivity index (χ1v) is 6.25. The number of fused-ring (bicyclic) bond motifs is 4. The molecule has 1 atom stereocenters. The first-order chi connectivity index (χ1) is 7.66. The zero-order valence-electron chi connectivity index (χ0n) is 9.78. The summed E-state index contributed by atoms with van der Waals surface area (Å²) in [6, 6.07) is 0. The summed E-state index contributed by atoms with van der Waals surface area (Å²) in [5.74, 6) is 2.68. The molecule has 2 N–H and O–H groups in total. The van der Waals surface area contributed by atoms with E-state index in [0.717, 1.165) is 18.7 Å². The summed E-state index contributed by atoms with van der Waals surface area (Å²) in [6.07, 6.45) is 7.01. The fourth-order valence-corrected chi connectivity index (χ4v) is 3.33. The minimum atomic E-state index is 0.0975. The lowest BCUT2D eigenvalue weighted by Crippen LogP contribution is -2.41. The predicted molar refractivity (Wildman–Crippen MR) is 59.9 cm³/mol. The lowest BCUT2D eigenvalue weighted by molar-refractivity contribution is 0.243. The minimum Gasteiger partial charge on any atom is -0.425 e. The molecule has 0 amide bonds. The Morgan fingerprint density at radius 2 is 1.88 bits per heavy atom. The number of aromatic nitrogens is 2. The minimum absolute atomic E-state index is 0.0975. The van der Waals surface area contributed by atoms with E-state index in [9.17, 15) is 0 Å². The molecule has 4 rings (SSSR count). The van der Waals surface area contributed by atoms with Crippen LogP contribution in [0.5, 0.6) is 0 Å². The average molecular weight is 221 g/mol. The Labute approximate surface area is 95.6 Å². The van der Waals surface area contributed by atoms with Crippen LogP contribution in [0.4, 0.5) is 0 Å². The van der Waals surface area contributed by atoms with Crippen LogP contribution in [-0.2, 0) is 0 Å². The van der Waals surface area contributed by atoms with E-state index in [4.69, 9.17) is 10.2 Å². The second-order valence-electron chi connectivity index (χ2n) is 5.50. The number of nitrogens with two attached hydrogens (primary N) is 1. The quantitative estimate of drug-likeness (QED) is 0.789. The van der Waals surface area contributed by atoms with Gasteiger partial charge >= 0.3 is 0 Å². The number of aryl methyl sites for hydroxylation is 1. The SMILES string of the molecule is Cc1nnc(C2CCC3(N)CCC2CC3)o1. The highest BCUT2D eigenvalue weighted by Gasteiger charge is 2.41. The smallest absolute Gasteiger partial charge is 0.219 e. The van der Waals surface area contributed by atoms with Gasteiger partial charge in [0.1, 0.15) is 0 Å². The van der Waals surface area contributed by atoms with E-state index in [1.54, 1.807) is 0 Å². The van der Waals surface area contributed by atoms with Crippen LogP contribution in [-0.4, -0.2) is 15.7 Å². The monoisotopic (exact) mass is 221 g/mol. The Morgan fingerprint density at radius 1 is 1.19 bits per heavy atom. The molecule has 0 aliphatic heterocycles. The molecular formula is C12H19N3O. The van der Waals surface area contributed by atoms with Crippen molar-refractivity contribution in [2.24, 2.45) is 11.7 Å². The van der Waals surface area contributed by atoms with Gasteiger partial charge in [0.05, 0.1) is 0 Å². The molecule has 16 heavy (non-hydrogen) atoms. The molecule has 4 heteroatoms. The Balaban J connectivity index is 1.86. The maximum absolute atomic E-state index is 6.38. The molecule has 1 aromatic rings. The van der Waals surface area contributed by atoms with Gasteiger partial charge in [0, 0.05) is 18.4 Å². The second-order valence-corrected chi connectivity index (χ2v) is 5.50. The van der Waals surface area contributed by atoms with Crippen molar-refractivity contribution in [3.05, 3.63) is 11.8 Å². The summed E-state index contributed by atoms with van der Waals surface area (Å²) in [7, 11) is 0. The highest BCUT2D eigenvalue weighted by atomic mass is 16.4. The van der Waals surface area contributed by atoms with Crippen LogP contribution in [0, 0.1) is 12.8 Å². The molecule has 0 aromatic carbocycles. The Morgan fingerprint density at radius 3 is 2.50 bits per heavy atom. The fourth-order valence-electron chi connectivity index (χ4n) is 3.33. The molecule has 4 nitrogen and oxygen atoms in total. The zero-order valence-corrected chi connectivity index (χ0v) is 9.78. The average Bonchev–Trinajstić information content (AvgIpc) is 2.54. The lowest BCUT2D eigenvalue weighted by atomic mass is 9.77. The van der Waals surface area contributed by atoms with Crippen LogP contribution in [0.2, 0.25) is 0 Å². The first-order valence-electron chi connectivity index (χ1n) is 6.25. The van der Waals surface area contributed by atoms with Crippen LogP contribution in [0.3, 0.4) is 0 Å². The Hall–Kier alpha value is -0.900. The molecule has 3 aliphatic carbocycles. The van der Waals surface area contributed by atoms with Crippen LogP contribution < -0.4 is 5.73 Å². The van der Waals surface area contributed by atoms with E-state index in [1.807, 2.05) is 6.92 Å². The number of hydrogen-bond acceptors (Lipinski definition) is 4. The Bertz CT molecular complexity index is 379. The third-order valence-electron chi connectivity index (χ3n) is 4.41. The van der Waals surface area contributed by atoms with Gasteiger partial charge in [0.25, 0.3) is 0 Å². The van der Waals surface area contributed by atoms with Gasteiger partial charge in [-0.15, -0.1) is 10.2 Å². The number of rotatable bonds is 1. The van der Waals surface area contributed by atoms with Crippen molar-refractivity contribution in [1.82, 2.24) is 10.2 Å². The lowest BCUT2D eigenvalue weighted by Gasteiger charge is -2.33. The molecule has 88 valence electrons. The number of hydrogen-bond donors (Lipinski definition) is 1. The molecular weight excluding hydrogens is 202 g/mol. The molecule has 2 bridgehead atoms. The third kappa shape index (κ3) is 1.65. The zero-order chi connectivity index (χ0) is 11.2. The topological polar surface area (TPSA) is 64.9 Å². The summed E-state index contributed by atoms with van der Waals surface area (Å²) in [5, 5.41) is 8.14. The van der Waals surface area contributed by atoms with E-state index in [-0.39, 0.29) is 5.54 Å².